The highest BCUT2D eigenvalue weighted by Gasteiger charge is 2.11. The molecule has 1 aromatic carbocycles. The maximum atomic E-state index is 11.9. The van der Waals surface area contributed by atoms with E-state index in [4.69, 9.17) is 5.73 Å². The SMILES string of the molecule is CCNC(=O)c1ccc(N)cc1NCc1cscn1. The highest BCUT2D eigenvalue weighted by Crippen LogP contribution is 2.20. The number of hydrogen-bond acceptors (Lipinski definition) is 5. The van der Waals surface area contributed by atoms with Crippen LogP contribution >= 0.6 is 11.3 Å². The summed E-state index contributed by atoms with van der Waals surface area (Å²) in [5, 5.41) is 7.94. The second-order valence-electron chi connectivity index (χ2n) is 4.00. The summed E-state index contributed by atoms with van der Waals surface area (Å²) in [6, 6.07) is 5.21. The zero-order chi connectivity index (χ0) is 13.7. The zero-order valence-corrected chi connectivity index (χ0v) is 11.5. The number of nitrogens with two attached hydrogens (primary N) is 1. The summed E-state index contributed by atoms with van der Waals surface area (Å²) in [6.45, 7) is 3.05. The van der Waals surface area contributed by atoms with E-state index >= 15 is 0 Å². The summed E-state index contributed by atoms with van der Waals surface area (Å²) in [6.07, 6.45) is 0. The molecule has 0 bridgehead atoms. The Morgan fingerprint density at radius 2 is 2.32 bits per heavy atom. The van der Waals surface area contributed by atoms with Gasteiger partial charge < -0.3 is 16.4 Å². The summed E-state index contributed by atoms with van der Waals surface area (Å²) < 4.78 is 0. The van der Waals surface area contributed by atoms with Crippen LogP contribution < -0.4 is 16.4 Å². The van der Waals surface area contributed by atoms with Crippen molar-refractivity contribution in [1.29, 1.82) is 0 Å². The molecule has 4 N–H and O–H groups in total. The monoisotopic (exact) mass is 276 g/mol. The van der Waals surface area contributed by atoms with Gasteiger partial charge in [0, 0.05) is 23.3 Å². The molecule has 0 saturated carbocycles. The molecule has 0 aliphatic rings. The normalized spacial score (nSPS) is 10.2. The number of rotatable bonds is 5. The number of nitrogen functional groups attached to an aromatic ring is 1. The van der Waals surface area contributed by atoms with Gasteiger partial charge >= 0.3 is 0 Å². The molecule has 0 spiro atoms. The number of aromatic nitrogens is 1. The molecule has 0 aliphatic heterocycles. The van der Waals surface area contributed by atoms with E-state index in [0.717, 1.165) is 11.4 Å². The van der Waals surface area contributed by atoms with Gasteiger partial charge in [0.15, 0.2) is 0 Å². The maximum Gasteiger partial charge on any atom is 0.253 e. The summed E-state index contributed by atoms with van der Waals surface area (Å²) in [4.78, 5) is 16.1. The van der Waals surface area contributed by atoms with E-state index in [0.29, 0.717) is 24.3 Å². The third-order valence-electron chi connectivity index (χ3n) is 2.57. The van der Waals surface area contributed by atoms with Crippen molar-refractivity contribution >= 4 is 28.6 Å². The van der Waals surface area contributed by atoms with Crippen LogP contribution in [-0.2, 0) is 6.54 Å². The second-order valence-corrected chi connectivity index (χ2v) is 4.72. The molecule has 2 aromatic rings. The second kappa shape index (κ2) is 6.19. The number of amides is 1. The fourth-order valence-corrected chi connectivity index (χ4v) is 2.23. The third kappa shape index (κ3) is 3.45. The van der Waals surface area contributed by atoms with E-state index in [2.05, 4.69) is 15.6 Å². The average molecular weight is 276 g/mol. The minimum Gasteiger partial charge on any atom is -0.399 e. The molecule has 2 rings (SSSR count). The van der Waals surface area contributed by atoms with Gasteiger partial charge in [-0.05, 0) is 25.1 Å². The van der Waals surface area contributed by atoms with E-state index in [1.54, 1.807) is 35.0 Å². The largest absolute Gasteiger partial charge is 0.399 e. The molecule has 0 fully saturated rings. The number of nitrogens with zero attached hydrogens (tertiary/aromatic N) is 1. The summed E-state index contributed by atoms with van der Waals surface area (Å²) >= 11 is 1.54. The molecular formula is C13H16N4OS. The Labute approximate surface area is 115 Å². The van der Waals surface area contributed by atoms with Gasteiger partial charge in [-0.25, -0.2) is 4.98 Å². The number of hydrogen-bond donors (Lipinski definition) is 3. The molecule has 0 unspecified atom stereocenters. The van der Waals surface area contributed by atoms with Crippen LogP contribution in [0.4, 0.5) is 11.4 Å². The number of thiazole rings is 1. The van der Waals surface area contributed by atoms with Crippen LogP contribution in [0.1, 0.15) is 23.0 Å². The van der Waals surface area contributed by atoms with Crippen molar-refractivity contribution in [2.75, 3.05) is 17.6 Å². The van der Waals surface area contributed by atoms with Crippen LogP contribution in [0.25, 0.3) is 0 Å². The predicted octanol–water partition coefficient (Wildman–Crippen LogP) is 2.09. The van der Waals surface area contributed by atoms with E-state index in [1.165, 1.54) is 0 Å². The summed E-state index contributed by atoms with van der Waals surface area (Å²) in [5.41, 5.74) is 10.4. The van der Waals surface area contributed by atoms with Gasteiger partial charge in [-0.15, -0.1) is 11.3 Å². The van der Waals surface area contributed by atoms with Crippen molar-refractivity contribution in [3.63, 3.8) is 0 Å². The molecule has 0 atom stereocenters. The minimum atomic E-state index is -0.108. The van der Waals surface area contributed by atoms with E-state index in [1.807, 2.05) is 12.3 Å². The lowest BCUT2D eigenvalue weighted by Gasteiger charge is -2.11. The first-order valence-electron chi connectivity index (χ1n) is 5.99. The molecule has 0 saturated heterocycles. The number of nitrogens with one attached hydrogen (secondary N) is 2. The van der Waals surface area contributed by atoms with Crippen molar-refractivity contribution in [2.24, 2.45) is 0 Å². The van der Waals surface area contributed by atoms with Crippen LogP contribution in [0.2, 0.25) is 0 Å². The van der Waals surface area contributed by atoms with Crippen molar-refractivity contribution in [1.82, 2.24) is 10.3 Å². The molecule has 19 heavy (non-hydrogen) atoms. The Morgan fingerprint density at radius 3 is 3.00 bits per heavy atom. The molecule has 1 aromatic heterocycles. The standard InChI is InChI=1S/C13H16N4OS/c1-2-15-13(18)11-4-3-9(14)5-12(11)16-6-10-7-19-8-17-10/h3-5,7-8,16H,2,6,14H2,1H3,(H,15,18). The zero-order valence-electron chi connectivity index (χ0n) is 10.6. The van der Waals surface area contributed by atoms with Gasteiger partial charge in [-0.3, -0.25) is 4.79 Å². The smallest absolute Gasteiger partial charge is 0.253 e. The third-order valence-corrected chi connectivity index (χ3v) is 3.20. The highest BCUT2D eigenvalue weighted by molar-refractivity contribution is 7.07. The van der Waals surface area contributed by atoms with Gasteiger partial charge in [0.05, 0.1) is 23.3 Å². The molecule has 0 aliphatic carbocycles. The van der Waals surface area contributed by atoms with Crippen LogP contribution in [0, 0.1) is 0 Å². The summed E-state index contributed by atoms with van der Waals surface area (Å²) in [5.74, 6) is -0.108. The Balaban J connectivity index is 2.17. The first kappa shape index (κ1) is 13.4. The van der Waals surface area contributed by atoms with Crippen molar-refractivity contribution in [3.05, 3.63) is 40.3 Å². The van der Waals surface area contributed by atoms with E-state index < -0.39 is 0 Å². The first-order valence-corrected chi connectivity index (χ1v) is 6.93. The Bertz CT molecular complexity index is 554. The molecule has 0 radical (unpaired) electrons. The van der Waals surface area contributed by atoms with E-state index in [-0.39, 0.29) is 5.91 Å². The predicted molar refractivity (Wildman–Crippen MR) is 78.3 cm³/mol. The number of carbonyl (C=O) groups is 1. The molecule has 100 valence electrons. The molecular weight excluding hydrogens is 260 g/mol. The van der Waals surface area contributed by atoms with Gasteiger partial charge in [0.25, 0.3) is 5.91 Å². The fraction of sp³-hybridized carbons (Fsp3) is 0.231. The Hall–Kier alpha value is -2.08. The lowest BCUT2D eigenvalue weighted by atomic mass is 10.1. The molecule has 5 nitrogen and oxygen atoms in total. The minimum absolute atomic E-state index is 0.108. The highest BCUT2D eigenvalue weighted by atomic mass is 32.1. The number of benzene rings is 1. The van der Waals surface area contributed by atoms with Gasteiger partial charge in [-0.1, -0.05) is 0 Å². The van der Waals surface area contributed by atoms with Crippen LogP contribution in [0.5, 0.6) is 0 Å². The molecule has 6 heteroatoms. The Kier molecular flexibility index (Phi) is 4.35. The summed E-state index contributed by atoms with van der Waals surface area (Å²) in [7, 11) is 0. The average Bonchev–Trinajstić information content (AvgIpc) is 2.89. The number of carbonyl (C=O) groups excluding carboxylic acids is 1. The topological polar surface area (TPSA) is 80.0 Å². The lowest BCUT2D eigenvalue weighted by Crippen LogP contribution is -2.24. The number of anilines is 2. The fourth-order valence-electron chi connectivity index (χ4n) is 1.67. The van der Waals surface area contributed by atoms with Crippen LogP contribution in [0.15, 0.2) is 29.1 Å². The molecule has 1 heterocycles. The van der Waals surface area contributed by atoms with Gasteiger partial charge in [0.1, 0.15) is 0 Å². The quantitative estimate of drug-likeness (QED) is 0.730. The lowest BCUT2D eigenvalue weighted by molar-refractivity contribution is 0.0956. The molecule has 1 amide bonds. The van der Waals surface area contributed by atoms with E-state index in [9.17, 15) is 4.79 Å². The first-order chi connectivity index (χ1) is 9.20. The van der Waals surface area contributed by atoms with Crippen molar-refractivity contribution in [2.45, 2.75) is 13.5 Å². The van der Waals surface area contributed by atoms with Crippen molar-refractivity contribution < 1.29 is 4.79 Å². The Morgan fingerprint density at radius 1 is 1.47 bits per heavy atom. The van der Waals surface area contributed by atoms with Crippen molar-refractivity contribution in [3.8, 4) is 0 Å². The van der Waals surface area contributed by atoms with Gasteiger partial charge in [-0.2, -0.15) is 0 Å². The van der Waals surface area contributed by atoms with Crippen LogP contribution in [-0.4, -0.2) is 17.4 Å². The van der Waals surface area contributed by atoms with Gasteiger partial charge in [0.2, 0.25) is 0 Å². The van der Waals surface area contributed by atoms with Crippen LogP contribution in [0.3, 0.4) is 0 Å². The maximum absolute atomic E-state index is 11.9.